The first-order valence-electron chi connectivity index (χ1n) is 2.95. The van der Waals surface area contributed by atoms with Crippen molar-refractivity contribution in [1.82, 2.24) is 10.2 Å². The molecule has 1 fully saturated rings. The van der Waals surface area contributed by atoms with E-state index >= 15 is 0 Å². The maximum absolute atomic E-state index is 10.6. The number of carbonyl (C=O) groups is 2. The molecule has 2 N–H and O–H groups in total. The minimum Gasteiger partial charge on any atom is -0.465 e. The Labute approximate surface area is 57.6 Å². The third-order valence-corrected chi connectivity index (χ3v) is 1.31. The molecule has 1 aliphatic rings. The third kappa shape index (κ3) is 1.37. The summed E-state index contributed by atoms with van der Waals surface area (Å²) in [4.78, 5) is 21.9. The van der Waals surface area contributed by atoms with Crippen molar-refractivity contribution in [2.45, 2.75) is 0 Å². The van der Waals surface area contributed by atoms with Crippen LogP contribution in [0.5, 0.6) is 0 Å². The van der Waals surface area contributed by atoms with Crippen LogP contribution in [0.3, 0.4) is 0 Å². The van der Waals surface area contributed by atoms with E-state index in [0.29, 0.717) is 13.1 Å². The molecule has 2 amide bonds. The lowest BCUT2D eigenvalue weighted by molar-refractivity contribution is -0.123. The first-order chi connectivity index (χ1) is 4.70. The Hall–Kier alpha value is -1.26. The van der Waals surface area contributed by atoms with Crippen molar-refractivity contribution in [3.05, 3.63) is 0 Å². The van der Waals surface area contributed by atoms with Gasteiger partial charge in [0.25, 0.3) is 0 Å². The molecule has 1 saturated heterocycles. The number of hydrogen-bond donors (Lipinski definition) is 2. The van der Waals surface area contributed by atoms with Crippen LogP contribution >= 0.6 is 0 Å². The Balaban J connectivity index is 2.47. The van der Waals surface area contributed by atoms with Crippen molar-refractivity contribution in [2.75, 3.05) is 19.6 Å². The highest BCUT2D eigenvalue weighted by Gasteiger charge is 2.19. The van der Waals surface area contributed by atoms with Gasteiger partial charge in [0.2, 0.25) is 5.91 Å². The van der Waals surface area contributed by atoms with Crippen molar-refractivity contribution in [3.63, 3.8) is 0 Å². The molecular formula is C5H8N2O3. The summed E-state index contributed by atoms with van der Waals surface area (Å²) in [6.45, 7) is 0.779. The van der Waals surface area contributed by atoms with Gasteiger partial charge in [0.1, 0.15) is 6.54 Å². The summed E-state index contributed by atoms with van der Waals surface area (Å²) in [5.41, 5.74) is 0. The van der Waals surface area contributed by atoms with Gasteiger partial charge in [-0.15, -0.1) is 0 Å². The van der Waals surface area contributed by atoms with Crippen LogP contribution in [0.4, 0.5) is 4.79 Å². The highest BCUT2D eigenvalue weighted by atomic mass is 16.4. The number of carboxylic acid groups (broad SMARTS) is 1. The van der Waals surface area contributed by atoms with E-state index in [1.807, 2.05) is 0 Å². The minimum atomic E-state index is -1.03. The molecule has 0 unspecified atom stereocenters. The zero-order chi connectivity index (χ0) is 7.56. The normalized spacial score (nSPS) is 18.4. The number of piperazine rings is 1. The SMILES string of the molecule is O=C1CN(C(=O)O)CCN1. The van der Waals surface area contributed by atoms with Crippen LogP contribution in [0.25, 0.3) is 0 Å². The zero-order valence-corrected chi connectivity index (χ0v) is 5.33. The van der Waals surface area contributed by atoms with Crippen molar-refractivity contribution < 1.29 is 14.7 Å². The van der Waals surface area contributed by atoms with Gasteiger partial charge in [-0.2, -0.15) is 0 Å². The topological polar surface area (TPSA) is 69.6 Å². The molecule has 0 bridgehead atoms. The van der Waals surface area contributed by atoms with Crippen LogP contribution < -0.4 is 5.32 Å². The van der Waals surface area contributed by atoms with Gasteiger partial charge in [-0.1, -0.05) is 0 Å². The van der Waals surface area contributed by atoms with Gasteiger partial charge >= 0.3 is 6.09 Å². The average Bonchev–Trinajstić information content (AvgIpc) is 1.88. The lowest BCUT2D eigenvalue weighted by atomic mass is 10.4. The molecule has 0 saturated carbocycles. The van der Waals surface area contributed by atoms with Crippen LogP contribution in [0, 0.1) is 0 Å². The average molecular weight is 144 g/mol. The van der Waals surface area contributed by atoms with Gasteiger partial charge in [-0.25, -0.2) is 4.79 Å². The van der Waals surface area contributed by atoms with E-state index in [1.54, 1.807) is 0 Å². The predicted molar refractivity (Wildman–Crippen MR) is 32.6 cm³/mol. The van der Waals surface area contributed by atoms with Gasteiger partial charge in [-0.3, -0.25) is 9.69 Å². The molecule has 0 aliphatic carbocycles. The molecule has 1 rings (SSSR count). The lowest BCUT2D eigenvalue weighted by Crippen LogP contribution is -2.49. The maximum atomic E-state index is 10.6. The lowest BCUT2D eigenvalue weighted by Gasteiger charge is -2.23. The summed E-state index contributed by atoms with van der Waals surface area (Å²) in [7, 11) is 0. The molecule has 0 radical (unpaired) electrons. The summed E-state index contributed by atoms with van der Waals surface area (Å²) in [6, 6.07) is 0. The second kappa shape index (κ2) is 2.55. The molecule has 0 aromatic heterocycles. The minimum absolute atomic E-state index is 0.0324. The Kier molecular flexibility index (Phi) is 1.75. The fourth-order valence-electron chi connectivity index (χ4n) is 0.802. The van der Waals surface area contributed by atoms with Crippen molar-refractivity contribution >= 4 is 12.0 Å². The van der Waals surface area contributed by atoms with Crippen LogP contribution in [-0.4, -0.2) is 41.6 Å². The van der Waals surface area contributed by atoms with E-state index in [9.17, 15) is 9.59 Å². The van der Waals surface area contributed by atoms with Gasteiger partial charge in [-0.05, 0) is 0 Å². The highest BCUT2D eigenvalue weighted by Crippen LogP contribution is 1.92. The summed E-state index contributed by atoms with van der Waals surface area (Å²) >= 11 is 0. The van der Waals surface area contributed by atoms with E-state index in [1.165, 1.54) is 0 Å². The second-order valence-corrected chi connectivity index (χ2v) is 2.05. The smallest absolute Gasteiger partial charge is 0.407 e. The molecule has 5 heteroatoms. The molecule has 56 valence electrons. The quantitative estimate of drug-likeness (QED) is 0.462. The summed E-state index contributed by atoms with van der Waals surface area (Å²) < 4.78 is 0. The fraction of sp³-hybridized carbons (Fsp3) is 0.600. The van der Waals surface area contributed by atoms with E-state index in [0.717, 1.165) is 4.90 Å². The van der Waals surface area contributed by atoms with Crippen LogP contribution in [0.1, 0.15) is 0 Å². The second-order valence-electron chi connectivity index (χ2n) is 2.05. The summed E-state index contributed by atoms with van der Waals surface area (Å²) in [5, 5.41) is 10.9. The number of hydrogen-bond acceptors (Lipinski definition) is 2. The number of carbonyl (C=O) groups excluding carboxylic acids is 1. The van der Waals surface area contributed by atoms with E-state index in [-0.39, 0.29) is 12.5 Å². The molecule has 1 aliphatic heterocycles. The van der Waals surface area contributed by atoms with Crippen molar-refractivity contribution in [1.29, 1.82) is 0 Å². The molecule has 0 aromatic carbocycles. The highest BCUT2D eigenvalue weighted by molar-refractivity contribution is 5.82. The summed E-state index contributed by atoms with van der Waals surface area (Å²) in [5.74, 6) is -0.228. The summed E-state index contributed by atoms with van der Waals surface area (Å²) in [6.07, 6.45) is -1.03. The van der Waals surface area contributed by atoms with Gasteiger partial charge in [0.05, 0.1) is 0 Å². The Bertz CT molecular complexity index is 166. The molecule has 0 spiro atoms. The molecule has 0 aromatic rings. The van der Waals surface area contributed by atoms with Gasteiger partial charge < -0.3 is 10.4 Å². The zero-order valence-electron chi connectivity index (χ0n) is 5.33. The molecule has 0 atom stereocenters. The molecular weight excluding hydrogens is 136 g/mol. The number of amides is 2. The van der Waals surface area contributed by atoms with E-state index in [2.05, 4.69) is 5.32 Å². The van der Waals surface area contributed by atoms with Crippen LogP contribution in [-0.2, 0) is 4.79 Å². The largest absolute Gasteiger partial charge is 0.465 e. The maximum Gasteiger partial charge on any atom is 0.407 e. The standard InChI is InChI=1S/C5H8N2O3/c8-4-3-7(5(9)10)2-1-6-4/h1-3H2,(H,6,8)(H,9,10). The molecule has 1 heterocycles. The third-order valence-electron chi connectivity index (χ3n) is 1.31. The van der Waals surface area contributed by atoms with Gasteiger partial charge in [0, 0.05) is 13.1 Å². The fourth-order valence-corrected chi connectivity index (χ4v) is 0.802. The van der Waals surface area contributed by atoms with Crippen LogP contribution in [0.2, 0.25) is 0 Å². The number of nitrogens with one attached hydrogen (secondary N) is 1. The van der Waals surface area contributed by atoms with E-state index < -0.39 is 6.09 Å². The first kappa shape index (κ1) is 6.85. The first-order valence-corrected chi connectivity index (χ1v) is 2.95. The Morgan fingerprint density at radius 2 is 2.40 bits per heavy atom. The van der Waals surface area contributed by atoms with Crippen molar-refractivity contribution in [3.8, 4) is 0 Å². The van der Waals surface area contributed by atoms with Crippen LogP contribution in [0.15, 0.2) is 0 Å². The Morgan fingerprint density at radius 3 is 2.80 bits per heavy atom. The number of rotatable bonds is 0. The molecule has 10 heavy (non-hydrogen) atoms. The van der Waals surface area contributed by atoms with E-state index in [4.69, 9.17) is 5.11 Å². The monoisotopic (exact) mass is 144 g/mol. The van der Waals surface area contributed by atoms with Crippen molar-refractivity contribution in [2.24, 2.45) is 0 Å². The van der Waals surface area contributed by atoms with Gasteiger partial charge in [0.15, 0.2) is 0 Å². The Morgan fingerprint density at radius 1 is 1.70 bits per heavy atom. The number of nitrogens with zero attached hydrogens (tertiary/aromatic N) is 1. The predicted octanol–water partition coefficient (Wildman–Crippen LogP) is -0.904. The molecule has 5 nitrogen and oxygen atoms in total.